The van der Waals surface area contributed by atoms with Crippen molar-refractivity contribution in [3.63, 3.8) is 0 Å². The van der Waals surface area contributed by atoms with Gasteiger partial charge in [-0.1, -0.05) is 20.8 Å². The first-order valence-corrected chi connectivity index (χ1v) is 7.60. The van der Waals surface area contributed by atoms with E-state index < -0.39 is 0 Å². The fraction of sp³-hybridized carbons (Fsp3) is 0.588. The summed E-state index contributed by atoms with van der Waals surface area (Å²) < 4.78 is 16.6. The van der Waals surface area contributed by atoms with Crippen LogP contribution in [0.2, 0.25) is 0 Å². The normalized spacial score (nSPS) is 10.7. The van der Waals surface area contributed by atoms with Gasteiger partial charge in [0.1, 0.15) is 18.1 Å². The van der Waals surface area contributed by atoms with E-state index in [1.807, 2.05) is 6.92 Å². The molecule has 1 aromatic rings. The van der Waals surface area contributed by atoms with Crippen LogP contribution in [0.15, 0.2) is 18.2 Å². The maximum Gasteiger partial charge on any atom is 0.153 e. The molecule has 1 aromatic carbocycles. The summed E-state index contributed by atoms with van der Waals surface area (Å²) in [5, 5.41) is 0. The molecule has 0 unspecified atom stereocenters. The Balaban J connectivity index is 2.42. The number of benzene rings is 1. The molecule has 118 valence electrons. The Kier molecular flexibility index (Phi) is 8.51. The highest BCUT2D eigenvalue weighted by molar-refractivity contribution is 5.79. The maximum absolute atomic E-state index is 11.0. The van der Waals surface area contributed by atoms with Crippen LogP contribution in [-0.2, 0) is 4.74 Å². The van der Waals surface area contributed by atoms with Crippen molar-refractivity contribution in [2.24, 2.45) is 5.92 Å². The Morgan fingerprint density at radius 2 is 1.90 bits per heavy atom. The molecular formula is C17H26O4. The quantitative estimate of drug-likeness (QED) is 0.461. The Morgan fingerprint density at radius 3 is 2.57 bits per heavy atom. The summed E-state index contributed by atoms with van der Waals surface area (Å²) in [7, 11) is 0. The highest BCUT2D eigenvalue weighted by Crippen LogP contribution is 2.24. The van der Waals surface area contributed by atoms with Crippen molar-refractivity contribution in [1.29, 1.82) is 0 Å². The lowest BCUT2D eigenvalue weighted by atomic mass is 10.1. The number of rotatable bonds is 11. The van der Waals surface area contributed by atoms with Crippen molar-refractivity contribution in [3.8, 4) is 11.5 Å². The van der Waals surface area contributed by atoms with E-state index in [2.05, 4.69) is 13.8 Å². The first kappa shape index (κ1) is 17.5. The van der Waals surface area contributed by atoms with Crippen molar-refractivity contribution in [2.75, 3.05) is 26.4 Å². The smallest absolute Gasteiger partial charge is 0.153 e. The minimum atomic E-state index is 0.427. The molecule has 0 atom stereocenters. The van der Waals surface area contributed by atoms with Gasteiger partial charge in [-0.15, -0.1) is 0 Å². The van der Waals surface area contributed by atoms with Gasteiger partial charge in [-0.25, -0.2) is 0 Å². The molecule has 1 rings (SSSR count). The highest BCUT2D eigenvalue weighted by Gasteiger charge is 2.05. The summed E-state index contributed by atoms with van der Waals surface area (Å²) in [6, 6.07) is 5.26. The van der Waals surface area contributed by atoms with Crippen molar-refractivity contribution in [2.45, 2.75) is 33.6 Å². The molecular weight excluding hydrogens is 268 g/mol. The maximum atomic E-state index is 11.0. The summed E-state index contributed by atoms with van der Waals surface area (Å²) in [5.41, 5.74) is 0.529. The lowest BCUT2D eigenvalue weighted by Crippen LogP contribution is -2.09. The van der Waals surface area contributed by atoms with Crippen LogP contribution in [0.3, 0.4) is 0 Å². The summed E-state index contributed by atoms with van der Waals surface area (Å²) in [4.78, 5) is 11.0. The Hall–Kier alpha value is -1.55. The Morgan fingerprint density at radius 1 is 1.10 bits per heavy atom. The second kappa shape index (κ2) is 10.2. The topological polar surface area (TPSA) is 44.8 Å². The summed E-state index contributed by atoms with van der Waals surface area (Å²) in [6.45, 7) is 8.71. The van der Waals surface area contributed by atoms with Gasteiger partial charge in [0.15, 0.2) is 6.29 Å². The SMILES string of the molecule is CCCOc1ccc(C=O)c(OCCOCCC(C)C)c1. The monoisotopic (exact) mass is 294 g/mol. The standard InChI is InChI=1S/C17H26O4/c1-4-8-20-16-6-5-15(13-18)17(12-16)21-11-10-19-9-7-14(2)3/h5-6,12-14H,4,7-11H2,1-3H3. The van der Waals surface area contributed by atoms with Gasteiger partial charge in [0.25, 0.3) is 0 Å². The molecule has 0 aliphatic carbocycles. The van der Waals surface area contributed by atoms with Crippen molar-refractivity contribution in [3.05, 3.63) is 23.8 Å². The first-order valence-electron chi connectivity index (χ1n) is 7.60. The largest absolute Gasteiger partial charge is 0.493 e. The summed E-state index contributed by atoms with van der Waals surface area (Å²) in [5.74, 6) is 1.91. The molecule has 0 saturated heterocycles. The molecule has 0 fully saturated rings. The van der Waals surface area contributed by atoms with E-state index >= 15 is 0 Å². The van der Waals surface area contributed by atoms with Crippen LogP contribution in [0, 0.1) is 5.92 Å². The molecule has 0 aromatic heterocycles. The Labute approximate surface area is 127 Å². The van der Waals surface area contributed by atoms with E-state index in [0.717, 1.165) is 31.5 Å². The number of carbonyl (C=O) groups excluding carboxylic acids is 1. The lowest BCUT2D eigenvalue weighted by Gasteiger charge is -2.12. The molecule has 0 radical (unpaired) electrons. The molecule has 0 bridgehead atoms. The van der Waals surface area contributed by atoms with Crippen LogP contribution in [-0.4, -0.2) is 32.7 Å². The third-order valence-electron chi connectivity index (χ3n) is 2.91. The molecule has 0 N–H and O–H groups in total. The van der Waals surface area contributed by atoms with Crippen LogP contribution in [0.4, 0.5) is 0 Å². The number of hydrogen-bond donors (Lipinski definition) is 0. The van der Waals surface area contributed by atoms with Gasteiger partial charge in [-0.2, -0.15) is 0 Å². The minimum Gasteiger partial charge on any atom is -0.493 e. The van der Waals surface area contributed by atoms with Gasteiger partial charge in [-0.3, -0.25) is 4.79 Å². The molecule has 4 heteroatoms. The number of hydrogen-bond acceptors (Lipinski definition) is 4. The van der Waals surface area contributed by atoms with E-state index in [1.165, 1.54) is 0 Å². The van der Waals surface area contributed by atoms with Crippen LogP contribution < -0.4 is 9.47 Å². The zero-order chi connectivity index (χ0) is 15.5. The van der Waals surface area contributed by atoms with Crippen LogP contribution in [0.1, 0.15) is 44.0 Å². The predicted molar refractivity (Wildman–Crippen MR) is 83.4 cm³/mol. The molecule has 0 amide bonds. The Bertz CT molecular complexity index is 415. The van der Waals surface area contributed by atoms with Crippen molar-refractivity contribution < 1.29 is 19.0 Å². The van der Waals surface area contributed by atoms with Gasteiger partial charge >= 0.3 is 0 Å². The molecule has 0 aliphatic heterocycles. The second-order valence-electron chi connectivity index (χ2n) is 5.31. The molecule has 0 saturated carbocycles. The molecule has 0 spiro atoms. The molecule has 21 heavy (non-hydrogen) atoms. The van der Waals surface area contributed by atoms with Gasteiger partial charge in [0.05, 0.1) is 18.8 Å². The predicted octanol–water partition coefficient (Wildman–Crippen LogP) is 3.73. The van der Waals surface area contributed by atoms with Crippen molar-refractivity contribution >= 4 is 6.29 Å². The zero-order valence-corrected chi connectivity index (χ0v) is 13.3. The molecule has 0 aliphatic rings. The molecule has 0 heterocycles. The summed E-state index contributed by atoms with van der Waals surface area (Å²) in [6.07, 6.45) is 2.77. The van der Waals surface area contributed by atoms with E-state index in [-0.39, 0.29) is 0 Å². The van der Waals surface area contributed by atoms with Gasteiger partial charge < -0.3 is 14.2 Å². The number of ether oxygens (including phenoxy) is 3. The molecule has 4 nitrogen and oxygen atoms in total. The van der Waals surface area contributed by atoms with Gasteiger partial charge in [0, 0.05) is 12.7 Å². The van der Waals surface area contributed by atoms with E-state index in [4.69, 9.17) is 14.2 Å². The number of carbonyl (C=O) groups is 1. The van der Waals surface area contributed by atoms with Gasteiger partial charge in [-0.05, 0) is 30.9 Å². The third kappa shape index (κ3) is 7.14. The fourth-order valence-electron chi connectivity index (χ4n) is 1.68. The lowest BCUT2D eigenvalue weighted by molar-refractivity contribution is 0.0916. The van der Waals surface area contributed by atoms with E-state index in [9.17, 15) is 4.79 Å². The highest BCUT2D eigenvalue weighted by atomic mass is 16.5. The fourth-order valence-corrected chi connectivity index (χ4v) is 1.68. The van der Waals surface area contributed by atoms with Crippen LogP contribution >= 0.6 is 0 Å². The minimum absolute atomic E-state index is 0.427. The van der Waals surface area contributed by atoms with Crippen LogP contribution in [0.5, 0.6) is 11.5 Å². The third-order valence-corrected chi connectivity index (χ3v) is 2.91. The first-order chi connectivity index (χ1) is 10.2. The van der Waals surface area contributed by atoms with Gasteiger partial charge in [0.2, 0.25) is 0 Å². The zero-order valence-electron chi connectivity index (χ0n) is 13.3. The summed E-state index contributed by atoms with van der Waals surface area (Å²) >= 11 is 0. The average Bonchev–Trinajstić information content (AvgIpc) is 2.48. The average molecular weight is 294 g/mol. The van der Waals surface area contributed by atoms with E-state index in [0.29, 0.717) is 37.1 Å². The van der Waals surface area contributed by atoms with E-state index in [1.54, 1.807) is 18.2 Å². The van der Waals surface area contributed by atoms with Crippen molar-refractivity contribution in [1.82, 2.24) is 0 Å². The number of aldehydes is 1. The van der Waals surface area contributed by atoms with Crippen LogP contribution in [0.25, 0.3) is 0 Å². The second-order valence-corrected chi connectivity index (χ2v) is 5.31.